The van der Waals surface area contributed by atoms with Crippen molar-refractivity contribution in [3.05, 3.63) is 63.1 Å². The molecule has 0 aliphatic carbocycles. The fraction of sp³-hybridized carbons (Fsp3) is 0.278. The Morgan fingerprint density at radius 3 is 2.48 bits per heavy atom. The van der Waals surface area contributed by atoms with Crippen LogP contribution in [-0.4, -0.2) is 44.9 Å². The SMILES string of the molecule is O=C(NCc1cc(F)ccc1F)c1cc(S(=O)(=O)N2CCOCC2)c(Cl)cc1Cl. The third-order valence-electron chi connectivity index (χ3n) is 4.30. The number of carbonyl (C=O) groups is 1. The first kappa shape index (κ1) is 21.9. The van der Waals surface area contributed by atoms with Gasteiger partial charge in [0.25, 0.3) is 5.91 Å². The van der Waals surface area contributed by atoms with Crippen LogP contribution >= 0.6 is 23.2 Å². The van der Waals surface area contributed by atoms with E-state index in [1.807, 2.05) is 0 Å². The van der Waals surface area contributed by atoms with E-state index < -0.39 is 27.6 Å². The van der Waals surface area contributed by atoms with E-state index in [-0.39, 0.29) is 58.9 Å². The van der Waals surface area contributed by atoms with Gasteiger partial charge in [0.15, 0.2) is 0 Å². The third kappa shape index (κ3) is 4.87. The molecule has 0 atom stereocenters. The summed E-state index contributed by atoms with van der Waals surface area (Å²) in [6, 6.07) is 5.09. The van der Waals surface area contributed by atoms with E-state index in [1.54, 1.807) is 0 Å². The molecule has 1 N–H and O–H groups in total. The highest BCUT2D eigenvalue weighted by Crippen LogP contribution is 2.31. The molecule has 11 heteroatoms. The van der Waals surface area contributed by atoms with Gasteiger partial charge >= 0.3 is 0 Å². The molecule has 1 fully saturated rings. The highest BCUT2D eigenvalue weighted by atomic mass is 35.5. The summed E-state index contributed by atoms with van der Waals surface area (Å²) < 4.78 is 59.1. The Morgan fingerprint density at radius 2 is 1.79 bits per heavy atom. The molecule has 0 unspecified atom stereocenters. The number of carbonyl (C=O) groups excluding carboxylic acids is 1. The van der Waals surface area contributed by atoms with E-state index >= 15 is 0 Å². The van der Waals surface area contributed by atoms with Gasteiger partial charge in [0.1, 0.15) is 16.5 Å². The molecule has 0 aromatic heterocycles. The van der Waals surface area contributed by atoms with Crippen molar-refractivity contribution < 1.29 is 26.7 Å². The Kier molecular flexibility index (Phi) is 6.75. The average Bonchev–Trinajstić information content (AvgIpc) is 2.69. The zero-order valence-corrected chi connectivity index (χ0v) is 17.3. The van der Waals surface area contributed by atoms with Crippen LogP contribution in [0, 0.1) is 11.6 Å². The molecule has 2 aromatic carbocycles. The molecule has 1 amide bonds. The number of ether oxygens (including phenoxy) is 1. The Morgan fingerprint density at radius 1 is 1.10 bits per heavy atom. The van der Waals surface area contributed by atoms with E-state index in [9.17, 15) is 22.0 Å². The predicted octanol–water partition coefficient (Wildman–Crippen LogP) is 3.22. The van der Waals surface area contributed by atoms with E-state index in [0.717, 1.165) is 30.3 Å². The molecule has 1 saturated heterocycles. The van der Waals surface area contributed by atoms with Crippen molar-refractivity contribution in [1.82, 2.24) is 9.62 Å². The number of benzene rings is 2. The number of hydrogen-bond acceptors (Lipinski definition) is 4. The lowest BCUT2D eigenvalue weighted by molar-refractivity contribution is 0.0730. The summed E-state index contributed by atoms with van der Waals surface area (Å²) in [6.07, 6.45) is 0. The van der Waals surface area contributed by atoms with Crippen molar-refractivity contribution >= 4 is 39.1 Å². The number of hydrogen-bond donors (Lipinski definition) is 1. The monoisotopic (exact) mass is 464 g/mol. The largest absolute Gasteiger partial charge is 0.379 e. The summed E-state index contributed by atoms with van der Waals surface area (Å²) in [5.41, 5.74) is -0.218. The second-order valence-corrected chi connectivity index (χ2v) is 8.92. The number of halogens is 4. The Balaban J connectivity index is 1.86. The third-order valence-corrected chi connectivity index (χ3v) is 6.98. The van der Waals surface area contributed by atoms with E-state index in [2.05, 4.69) is 5.32 Å². The maximum Gasteiger partial charge on any atom is 0.253 e. The van der Waals surface area contributed by atoms with Gasteiger partial charge in [0, 0.05) is 25.2 Å². The normalized spacial score (nSPS) is 15.3. The molecule has 0 spiro atoms. The minimum atomic E-state index is -3.97. The number of nitrogens with one attached hydrogen (secondary N) is 1. The maximum absolute atomic E-state index is 13.7. The molecule has 6 nitrogen and oxygen atoms in total. The average molecular weight is 465 g/mol. The Labute approximate surface area is 176 Å². The van der Waals surface area contributed by atoms with Crippen LogP contribution in [0.5, 0.6) is 0 Å². The molecular weight excluding hydrogens is 449 g/mol. The van der Waals surface area contributed by atoms with Crippen LogP contribution in [0.4, 0.5) is 8.78 Å². The smallest absolute Gasteiger partial charge is 0.253 e. The zero-order valence-electron chi connectivity index (χ0n) is 14.9. The number of morpholine rings is 1. The first-order chi connectivity index (χ1) is 13.7. The van der Waals surface area contributed by atoms with Crippen molar-refractivity contribution in [3.63, 3.8) is 0 Å². The molecule has 3 rings (SSSR count). The van der Waals surface area contributed by atoms with Crippen molar-refractivity contribution in [2.45, 2.75) is 11.4 Å². The molecule has 156 valence electrons. The summed E-state index contributed by atoms with van der Waals surface area (Å²) in [5, 5.41) is 2.19. The van der Waals surface area contributed by atoms with Gasteiger partial charge in [-0.05, 0) is 30.3 Å². The van der Waals surface area contributed by atoms with Gasteiger partial charge < -0.3 is 10.1 Å². The van der Waals surface area contributed by atoms with E-state index in [0.29, 0.717) is 0 Å². The van der Waals surface area contributed by atoms with Crippen LogP contribution in [0.2, 0.25) is 10.0 Å². The van der Waals surface area contributed by atoms with Gasteiger partial charge in [-0.2, -0.15) is 4.31 Å². The van der Waals surface area contributed by atoms with Gasteiger partial charge in [0.05, 0.1) is 28.8 Å². The Bertz CT molecular complexity index is 1040. The van der Waals surface area contributed by atoms with Gasteiger partial charge in [-0.15, -0.1) is 0 Å². The molecule has 1 aliphatic heterocycles. The number of sulfonamides is 1. The lowest BCUT2D eigenvalue weighted by Crippen LogP contribution is -2.40. The van der Waals surface area contributed by atoms with Crippen LogP contribution in [0.25, 0.3) is 0 Å². The fourth-order valence-electron chi connectivity index (χ4n) is 2.78. The van der Waals surface area contributed by atoms with Crippen LogP contribution in [-0.2, 0) is 21.3 Å². The first-order valence-electron chi connectivity index (χ1n) is 8.49. The minimum Gasteiger partial charge on any atom is -0.379 e. The maximum atomic E-state index is 13.7. The predicted molar refractivity (Wildman–Crippen MR) is 104 cm³/mol. The summed E-state index contributed by atoms with van der Waals surface area (Å²) in [6.45, 7) is 0.490. The van der Waals surface area contributed by atoms with Gasteiger partial charge in [0.2, 0.25) is 10.0 Å². The summed E-state index contributed by atoms with van der Waals surface area (Å²) >= 11 is 12.1. The molecule has 1 heterocycles. The number of rotatable bonds is 5. The molecule has 0 bridgehead atoms. The lowest BCUT2D eigenvalue weighted by Gasteiger charge is -2.26. The molecule has 29 heavy (non-hydrogen) atoms. The van der Waals surface area contributed by atoms with Crippen LogP contribution < -0.4 is 5.32 Å². The van der Waals surface area contributed by atoms with E-state index in [4.69, 9.17) is 27.9 Å². The standard InChI is InChI=1S/C18H16Cl2F2N2O4S/c19-14-9-15(20)17(29(26,27)24-3-5-28-6-4-24)8-13(14)18(25)23-10-11-7-12(21)1-2-16(11)22/h1-2,7-9H,3-6,10H2,(H,23,25). The van der Waals surface area contributed by atoms with E-state index in [1.165, 1.54) is 4.31 Å². The molecular formula is C18H16Cl2F2N2O4S. The summed E-state index contributed by atoms with van der Waals surface area (Å²) in [7, 11) is -3.97. The van der Waals surface area contributed by atoms with Crippen molar-refractivity contribution in [1.29, 1.82) is 0 Å². The van der Waals surface area contributed by atoms with Gasteiger partial charge in [-0.3, -0.25) is 4.79 Å². The highest BCUT2D eigenvalue weighted by molar-refractivity contribution is 7.89. The van der Waals surface area contributed by atoms with Gasteiger partial charge in [-0.25, -0.2) is 17.2 Å². The molecule has 1 aliphatic rings. The Hall–Kier alpha value is -1.78. The zero-order chi connectivity index (χ0) is 21.2. The lowest BCUT2D eigenvalue weighted by atomic mass is 10.1. The number of nitrogens with zero attached hydrogens (tertiary/aromatic N) is 1. The molecule has 0 saturated carbocycles. The highest BCUT2D eigenvalue weighted by Gasteiger charge is 2.30. The second-order valence-electron chi connectivity index (χ2n) is 6.20. The van der Waals surface area contributed by atoms with Gasteiger partial charge in [-0.1, -0.05) is 23.2 Å². The quantitative estimate of drug-likeness (QED) is 0.736. The van der Waals surface area contributed by atoms with Crippen LogP contribution in [0.3, 0.4) is 0 Å². The van der Waals surface area contributed by atoms with Crippen molar-refractivity contribution in [3.8, 4) is 0 Å². The van der Waals surface area contributed by atoms with Crippen molar-refractivity contribution in [2.24, 2.45) is 0 Å². The minimum absolute atomic E-state index is 0.0652. The molecule has 0 radical (unpaired) electrons. The van der Waals surface area contributed by atoms with Crippen LogP contribution in [0.1, 0.15) is 15.9 Å². The summed E-state index contributed by atoms with van der Waals surface area (Å²) in [4.78, 5) is 12.2. The first-order valence-corrected chi connectivity index (χ1v) is 10.7. The van der Waals surface area contributed by atoms with Crippen LogP contribution in [0.15, 0.2) is 35.2 Å². The second kappa shape index (κ2) is 8.93. The molecule has 2 aromatic rings. The van der Waals surface area contributed by atoms with Crippen molar-refractivity contribution in [2.75, 3.05) is 26.3 Å². The summed E-state index contributed by atoms with van der Waals surface area (Å²) in [5.74, 6) is -2.10. The topological polar surface area (TPSA) is 75.7 Å². The number of amides is 1. The fourth-order valence-corrected chi connectivity index (χ4v) is 5.02.